The molecule has 0 N–H and O–H groups in total. The van der Waals surface area contributed by atoms with Crippen LogP contribution in [0, 0.1) is 0 Å². The van der Waals surface area contributed by atoms with Crippen molar-refractivity contribution < 1.29 is 0 Å². The molecule has 0 atom stereocenters. The Morgan fingerprint density at radius 1 is 1.08 bits per heavy atom. The van der Waals surface area contributed by atoms with Crippen LogP contribution in [0.3, 0.4) is 0 Å². The third-order valence-electron chi connectivity index (χ3n) is 1.84. The molecule has 0 bridgehead atoms. The van der Waals surface area contributed by atoms with Gasteiger partial charge >= 0.3 is 102 Å². The summed E-state index contributed by atoms with van der Waals surface area (Å²) in [6.07, 6.45) is 2.98. The summed E-state index contributed by atoms with van der Waals surface area (Å²) >= 11 is 1.10. The first-order valence-corrected chi connectivity index (χ1v) is 10.8. The second kappa shape index (κ2) is 7.37. The van der Waals surface area contributed by atoms with E-state index in [-0.39, 0.29) is 22.9 Å². The summed E-state index contributed by atoms with van der Waals surface area (Å²) < 4.78 is 4.73. The molecule has 1 rings (SSSR count). The minimum atomic E-state index is -0.352. The van der Waals surface area contributed by atoms with Gasteiger partial charge < -0.3 is 0 Å². The number of unbranched alkanes of at least 4 members (excludes halogenated alkanes) is 1. The first-order chi connectivity index (χ1) is 5.93. The van der Waals surface area contributed by atoms with Gasteiger partial charge in [-0.25, -0.2) is 0 Å². The second-order valence-corrected chi connectivity index (χ2v) is 9.26. The van der Waals surface area contributed by atoms with E-state index in [1.165, 1.54) is 41.4 Å². The number of hydrogen-bond acceptors (Lipinski definition) is 0. The zero-order chi connectivity index (χ0) is 8.65. The Morgan fingerprint density at radius 2 is 1.83 bits per heavy atom. The Labute approximate surface area is 101 Å². The first kappa shape index (κ1) is 11.0. The summed E-state index contributed by atoms with van der Waals surface area (Å²) in [4.78, 5) is 0. The molecule has 1 aromatic rings. The molecule has 59 valence electrons. The summed E-state index contributed by atoms with van der Waals surface area (Å²) in [5.74, 6) is 0. The van der Waals surface area contributed by atoms with Gasteiger partial charge in [0.15, 0.2) is 0 Å². The van der Waals surface area contributed by atoms with Crippen molar-refractivity contribution in [2.45, 2.75) is 21.2 Å². The molecule has 0 fully saturated rings. The standard InChI is InChI=1S/C6H5.C4H8.2In/c1-2-4-6-5-3-1;1-3-4-2;;/h1-5H;1-4H2;;. The molecule has 0 nitrogen and oxygen atoms in total. The van der Waals surface area contributed by atoms with Gasteiger partial charge in [-0.2, -0.15) is 0 Å². The Kier molecular flexibility index (Phi) is 6.78. The molecule has 0 aliphatic carbocycles. The normalized spacial score (nSPS) is 9.67. The van der Waals surface area contributed by atoms with Gasteiger partial charge in [-0.3, -0.25) is 0 Å². The summed E-state index contributed by atoms with van der Waals surface area (Å²) in [7, 11) is 0. The minimum absolute atomic E-state index is 0.352. The predicted molar refractivity (Wildman–Crippen MR) is 56.4 cm³/mol. The quantitative estimate of drug-likeness (QED) is 0.701. The maximum absolute atomic E-state index is 2.31. The van der Waals surface area contributed by atoms with Gasteiger partial charge in [0.1, 0.15) is 0 Å². The molecule has 0 unspecified atom stereocenters. The Bertz CT molecular complexity index is 196. The van der Waals surface area contributed by atoms with Crippen molar-refractivity contribution in [2.75, 3.05) is 0 Å². The molecule has 2 heteroatoms. The first-order valence-electron chi connectivity index (χ1n) is 4.52. The molecule has 0 aromatic heterocycles. The van der Waals surface area contributed by atoms with Crippen LogP contribution in [0.15, 0.2) is 30.3 Å². The van der Waals surface area contributed by atoms with Gasteiger partial charge in [-0.05, 0) is 0 Å². The molecule has 0 saturated heterocycles. The van der Waals surface area contributed by atoms with Gasteiger partial charge in [0.05, 0.1) is 0 Å². The van der Waals surface area contributed by atoms with E-state index in [0.29, 0.717) is 0 Å². The maximum atomic E-state index is 2.31. The van der Waals surface area contributed by atoms with Crippen LogP contribution in [0.4, 0.5) is 0 Å². The molecule has 0 aliphatic heterocycles. The second-order valence-electron chi connectivity index (χ2n) is 2.90. The van der Waals surface area contributed by atoms with Crippen molar-refractivity contribution in [3.05, 3.63) is 30.3 Å². The zero-order valence-electron chi connectivity index (χ0n) is 7.37. The average Bonchev–Trinajstić information content (AvgIpc) is 2.14. The average molecular weight is 363 g/mol. The summed E-state index contributed by atoms with van der Waals surface area (Å²) in [6, 6.07) is 11.1. The number of hydrogen-bond donors (Lipinski definition) is 0. The van der Waals surface area contributed by atoms with Crippen molar-refractivity contribution in [3.8, 4) is 0 Å². The number of rotatable bonds is 5. The molecule has 3 radical (unpaired) electrons. The molecule has 0 spiro atoms. The molecule has 0 amide bonds. The van der Waals surface area contributed by atoms with E-state index in [4.69, 9.17) is 0 Å². The van der Waals surface area contributed by atoms with Crippen molar-refractivity contribution >= 4 is 50.6 Å². The van der Waals surface area contributed by atoms with Crippen molar-refractivity contribution in [2.24, 2.45) is 0 Å². The SMILES string of the molecule is [In][CH2]CC[CH2][In][c]1ccccc1. The Hall–Kier alpha value is 0.960. The van der Waals surface area contributed by atoms with Crippen LogP contribution in [0.2, 0.25) is 8.35 Å². The molecule has 12 heavy (non-hydrogen) atoms. The topological polar surface area (TPSA) is 0 Å². The van der Waals surface area contributed by atoms with E-state index in [0.717, 1.165) is 0 Å². The Morgan fingerprint density at radius 3 is 2.50 bits per heavy atom. The van der Waals surface area contributed by atoms with E-state index in [1.54, 1.807) is 7.50 Å². The summed E-state index contributed by atoms with van der Waals surface area (Å²) in [6.45, 7) is 0. The fourth-order valence-electron chi connectivity index (χ4n) is 1.15. The van der Waals surface area contributed by atoms with Gasteiger partial charge in [-0.1, -0.05) is 0 Å². The van der Waals surface area contributed by atoms with Gasteiger partial charge in [0, 0.05) is 0 Å². The Balaban J connectivity index is 2.16. The van der Waals surface area contributed by atoms with Crippen molar-refractivity contribution in [1.82, 2.24) is 0 Å². The molecule has 0 heterocycles. The van der Waals surface area contributed by atoms with Crippen LogP contribution in [0.25, 0.3) is 0 Å². The van der Waals surface area contributed by atoms with E-state index >= 15 is 0 Å². The molecule has 0 aliphatic rings. The zero-order valence-corrected chi connectivity index (χ0v) is 14.0. The van der Waals surface area contributed by atoms with Crippen molar-refractivity contribution in [1.29, 1.82) is 0 Å². The fraction of sp³-hybridized carbons (Fsp3) is 0.400. The van der Waals surface area contributed by atoms with E-state index in [9.17, 15) is 0 Å². The summed E-state index contributed by atoms with van der Waals surface area (Å²) in [5.41, 5.74) is 0. The molecule has 1 aromatic carbocycles. The van der Waals surface area contributed by atoms with Crippen LogP contribution < -0.4 is 3.32 Å². The summed E-state index contributed by atoms with van der Waals surface area (Å²) in [5, 5.41) is 0. The number of benzene rings is 1. The van der Waals surface area contributed by atoms with E-state index in [1.807, 2.05) is 0 Å². The molecular formula is C10H13In2. The third kappa shape index (κ3) is 4.86. The molecular weight excluding hydrogens is 350 g/mol. The fourth-order valence-corrected chi connectivity index (χ4v) is 5.74. The van der Waals surface area contributed by atoms with E-state index < -0.39 is 0 Å². The van der Waals surface area contributed by atoms with Crippen LogP contribution in [0.1, 0.15) is 12.8 Å². The third-order valence-corrected chi connectivity index (χ3v) is 7.44. The van der Waals surface area contributed by atoms with Gasteiger partial charge in [0.25, 0.3) is 0 Å². The van der Waals surface area contributed by atoms with Crippen LogP contribution >= 0.6 is 0 Å². The van der Waals surface area contributed by atoms with Crippen LogP contribution in [-0.4, -0.2) is 47.3 Å². The van der Waals surface area contributed by atoms with Crippen LogP contribution in [0.5, 0.6) is 0 Å². The van der Waals surface area contributed by atoms with Gasteiger partial charge in [-0.15, -0.1) is 0 Å². The predicted octanol–water partition coefficient (Wildman–Crippen LogP) is 1.80. The van der Waals surface area contributed by atoms with Gasteiger partial charge in [0.2, 0.25) is 0 Å². The van der Waals surface area contributed by atoms with Crippen LogP contribution in [-0.2, 0) is 0 Å². The molecule has 0 saturated carbocycles. The van der Waals surface area contributed by atoms with E-state index in [2.05, 4.69) is 30.3 Å². The van der Waals surface area contributed by atoms with Crippen molar-refractivity contribution in [3.63, 3.8) is 0 Å². The monoisotopic (exact) mass is 363 g/mol.